The van der Waals surface area contributed by atoms with Gasteiger partial charge in [-0.25, -0.2) is 4.98 Å². The molecule has 2 heterocycles. The average Bonchev–Trinajstić information content (AvgIpc) is 3.49. The van der Waals surface area contributed by atoms with Gasteiger partial charge in [0.2, 0.25) is 17.7 Å². The first-order chi connectivity index (χ1) is 22.2. The van der Waals surface area contributed by atoms with Crippen LogP contribution in [-0.4, -0.2) is 89.4 Å². The van der Waals surface area contributed by atoms with Crippen LogP contribution in [0.5, 0.6) is 0 Å². The van der Waals surface area contributed by atoms with Gasteiger partial charge in [-0.3, -0.25) is 28.9 Å². The minimum absolute atomic E-state index is 0.00418. The number of nitrogens with zero attached hydrogens (tertiary/aromatic N) is 3. The predicted octanol–water partition coefficient (Wildman–Crippen LogP) is 3.73. The molecule has 1 aromatic heterocycles. The number of aryl methyl sites for hydroxylation is 1. The summed E-state index contributed by atoms with van der Waals surface area (Å²) in [5.41, 5.74) is 5.59. The smallest absolute Gasteiger partial charge is 0.307 e. The largest absolute Gasteiger partial charge is 0.444 e. The summed E-state index contributed by atoms with van der Waals surface area (Å²) in [6.07, 6.45) is 5.12. The summed E-state index contributed by atoms with van der Waals surface area (Å²) in [7, 11) is 1.94. The second-order valence-corrected chi connectivity index (χ2v) is 14.7. The molecule has 0 saturated carbocycles. The standard InChI is InChI=1S/C34H58N6O6S/c1-9-23(6)30(38-33(44)27-12-10-11-17-39(27)8)34(45)40(20-46-29(41)18-21(2)3)26(22(4)5)13-14-28-37-25(19-47-28)32(43)36-16-15-24(7)31(35)42/h19,21-24,26-27,30H,9-18,20H2,1-8H3,(H2,35,42)(H,36,43)(H,38,44). The van der Waals surface area contributed by atoms with Crippen LogP contribution in [0.1, 0.15) is 109 Å². The number of carbonyl (C=O) groups excluding carboxylic acids is 5. The van der Waals surface area contributed by atoms with Crippen molar-refractivity contribution in [2.24, 2.45) is 29.4 Å². The fourth-order valence-electron chi connectivity index (χ4n) is 5.66. The number of nitrogens with one attached hydrogen (secondary N) is 2. The highest BCUT2D eigenvalue weighted by atomic mass is 32.1. The van der Waals surface area contributed by atoms with Crippen molar-refractivity contribution >= 4 is 40.9 Å². The number of primary amides is 1. The quantitative estimate of drug-likeness (QED) is 0.147. The van der Waals surface area contributed by atoms with Gasteiger partial charge >= 0.3 is 5.97 Å². The van der Waals surface area contributed by atoms with Gasteiger partial charge in [0.05, 0.1) is 11.0 Å². The van der Waals surface area contributed by atoms with E-state index in [4.69, 9.17) is 10.5 Å². The number of rotatable bonds is 19. The first-order valence-electron chi connectivity index (χ1n) is 17.1. The van der Waals surface area contributed by atoms with Gasteiger partial charge < -0.3 is 26.0 Å². The maximum absolute atomic E-state index is 14.4. The molecule has 4 N–H and O–H groups in total. The molecule has 1 fully saturated rings. The number of piperidine rings is 1. The maximum Gasteiger partial charge on any atom is 0.307 e. The van der Waals surface area contributed by atoms with Gasteiger partial charge in [0, 0.05) is 36.7 Å². The number of hydrogen-bond donors (Lipinski definition) is 3. The van der Waals surface area contributed by atoms with E-state index >= 15 is 0 Å². The molecule has 0 spiro atoms. The van der Waals surface area contributed by atoms with Gasteiger partial charge in [-0.1, -0.05) is 61.3 Å². The highest BCUT2D eigenvalue weighted by Crippen LogP contribution is 2.24. The lowest BCUT2D eigenvalue weighted by atomic mass is 9.93. The molecular formula is C34H58N6O6S. The molecule has 1 aliphatic rings. The number of hydrogen-bond acceptors (Lipinski definition) is 9. The third kappa shape index (κ3) is 12.8. The fraction of sp³-hybridized carbons (Fsp3) is 0.765. The van der Waals surface area contributed by atoms with Crippen molar-refractivity contribution in [1.82, 2.24) is 25.4 Å². The molecular weight excluding hydrogens is 620 g/mol. The van der Waals surface area contributed by atoms with E-state index in [0.717, 1.165) is 30.8 Å². The summed E-state index contributed by atoms with van der Waals surface area (Å²) in [6.45, 7) is 14.5. The van der Waals surface area contributed by atoms with E-state index in [0.29, 0.717) is 37.9 Å². The van der Waals surface area contributed by atoms with Gasteiger partial charge in [0.25, 0.3) is 5.91 Å². The van der Waals surface area contributed by atoms with E-state index in [1.165, 1.54) is 11.3 Å². The lowest BCUT2D eigenvalue weighted by Gasteiger charge is -2.39. The Balaban J connectivity index is 2.25. The molecule has 1 saturated heterocycles. The second-order valence-electron chi connectivity index (χ2n) is 13.7. The van der Waals surface area contributed by atoms with Crippen LogP contribution in [0.3, 0.4) is 0 Å². The molecule has 0 aliphatic carbocycles. The van der Waals surface area contributed by atoms with Crippen molar-refractivity contribution in [2.45, 2.75) is 118 Å². The predicted molar refractivity (Wildman–Crippen MR) is 183 cm³/mol. The summed E-state index contributed by atoms with van der Waals surface area (Å²) < 4.78 is 5.68. The first-order valence-corrected chi connectivity index (χ1v) is 18.0. The zero-order chi connectivity index (χ0) is 35.3. The maximum atomic E-state index is 14.4. The monoisotopic (exact) mass is 678 g/mol. The van der Waals surface area contributed by atoms with Gasteiger partial charge in [-0.05, 0) is 57.0 Å². The van der Waals surface area contributed by atoms with Crippen LogP contribution in [-0.2, 0) is 30.3 Å². The number of likely N-dealkylation sites (tertiary alicyclic amines) is 1. The van der Waals surface area contributed by atoms with E-state index in [-0.39, 0.29) is 72.6 Å². The summed E-state index contributed by atoms with van der Waals surface area (Å²) in [6, 6.07) is -1.39. The van der Waals surface area contributed by atoms with E-state index < -0.39 is 11.9 Å². The molecule has 4 amide bonds. The Morgan fingerprint density at radius 2 is 1.81 bits per heavy atom. The topological polar surface area (TPSA) is 164 Å². The summed E-state index contributed by atoms with van der Waals surface area (Å²) in [5.74, 6) is -1.92. The zero-order valence-corrected chi connectivity index (χ0v) is 30.5. The van der Waals surface area contributed by atoms with Crippen molar-refractivity contribution in [1.29, 1.82) is 0 Å². The third-order valence-corrected chi connectivity index (χ3v) is 9.94. The lowest BCUT2D eigenvalue weighted by molar-refractivity contribution is -0.159. The Morgan fingerprint density at radius 1 is 1.11 bits per heavy atom. The molecule has 47 heavy (non-hydrogen) atoms. The van der Waals surface area contributed by atoms with E-state index in [2.05, 4.69) is 15.6 Å². The van der Waals surface area contributed by atoms with Crippen LogP contribution in [0.25, 0.3) is 0 Å². The Kier molecular flexibility index (Phi) is 16.8. The Hall–Kier alpha value is -3.06. The number of nitrogens with two attached hydrogens (primary N) is 1. The number of amides is 4. The van der Waals surface area contributed by atoms with Crippen molar-refractivity contribution in [2.75, 3.05) is 26.9 Å². The number of aromatic nitrogens is 1. The second kappa shape index (κ2) is 19.7. The molecule has 0 aromatic carbocycles. The Labute approximate surface area is 284 Å². The molecule has 266 valence electrons. The Morgan fingerprint density at radius 3 is 2.40 bits per heavy atom. The van der Waals surface area contributed by atoms with Gasteiger partial charge in [-0.2, -0.15) is 0 Å². The molecule has 13 heteroatoms. The summed E-state index contributed by atoms with van der Waals surface area (Å²) in [4.78, 5) is 72.7. The third-order valence-electron chi connectivity index (χ3n) is 9.03. The molecule has 5 atom stereocenters. The molecule has 1 aromatic rings. The lowest BCUT2D eigenvalue weighted by Crippen LogP contribution is -2.59. The van der Waals surface area contributed by atoms with Gasteiger partial charge in [-0.15, -0.1) is 11.3 Å². The molecule has 0 bridgehead atoms. The number of likely N-dealkylation sites (N-methyl/N-ethyl adjacent to an activating group) is 1. The Bertz CT molecular complexity index is 1190. The van der Waals surface area contributed by atoms with Crippen LogP contribution < -0.4 is 16.4 Å². The van der Waals surface area contributed by atoms with Crippen molar-refractivity contribution in [3.8, 4) is 0 Å². The average molecular weight is 679 g/mol. The van der Waals surface area contributed by atoms with Crippen LogP contribution in [0, 0.1) is 23.7 Å². The molecule has 5 unspecified atom stereocenters. The molecule has 1 aliphatic heterocycles. The molecule has 0 radical (unpaired) electrons. The minimum Gasteiger partial charge on any atom is -0.444 e. The number of carbonyl (C=O) groups is 5. The van der Waals surface area contributed by atoms with Crippen LogP contribution >= 0.6 is 11.3 Å². The first kappa shape index (κ1) is 40.1. The normalized spacial score (nSPS) is 17.9. The van der Waals surface area contributed by atoms with Crippen molar-refractivity contribution in [3.05, 3.63) is 16.1 Å². The number of esters is 1. The molecule has 2 rings (SSSR count). The zero-order valence-electron chi connectivity index (χ0n) is 29.7. The minimum atomic E-state index is -0.777. The number of thiazole rings is 1. The van der Waals surface area contributed by atoms with Crippen LogP contribution in [0.4, 0.5) is 0 Å². The highest BCUT2D eigenvalue weighted by molar-refractivity contribution is 7.09. The molecule has 12 nitrogen and oxygen atoms in total. The van der Waals surface area contributed by atoms with E-state index in [1.54, 1.807) is 17.2 Å². The summed E-state index contributed by atoms with van der Waals surface area (Å²) in [5, 5.41) is 8.31. The number of ether oxygens (including phenoxy) is 1. The van der Waals surface area contributed by atoms with E-state index in [9.17, 15) is 24.0 Å². The van der Waals surface area contributed by atoms with Crippen LogP contribution in [0.2, 0.25) is 0 Å². The highest BCUT2D eigenvalue weighted by Gasteiger charge is 2.37. The van der Waals surface area contributed by atoms with Gasteiger partial charge in [0.1, 0.15) is 11.7 Å². The van der Waals surface area contributed by atoms with Crippen LogP contribution in [0.15, 0.2) is 5.38 Å². The van der Waals surface area contributed by atoms with Crippen molar-refractivity contribution < 1.29 is 28.7 Å². The van der Waals surface area contributed by atoms with Gasteiger partial charge in [0.15, 0.2) is 6.73 Å². The summed E-state index contributed by atoms with van der Waals surface area (Å²) >= 11 is 1.36. The van der Waals surface area contributed by atoms with Crippen molar-refractivity contribution in [3.63, 3.8) is 0 Å². The SMILES string of the molecule is CCC(C)C(NC(=O)C1CCCCN1C)C(=O)N(COC(=O)CC(C)C)C(CCc1nc(C(=O)NCCC(C)C(N)=O)cs1)C(C)C. The van der Waals surface area contributed by atoms with E-state index in [1.807, 2.05) is 53.5 Å². The fourth-order valence-corrected chi connectivity index (χ4v) is 6.45.